The number of ether oxygens (including phenoxy) is 2. The van der Waals surface area contributed by atoms with Crippen LogP contribution < -0.4 is 15.5 Å². The van der Waals surface area contributed by atoms with E-state index in [1.807, 2.05) is 0 Å². The molecular formula is C21H21F2N3O3. The topological polar surface area (TPSA) is 62.8 Å². The molecule has 6 nitrogen and oxygen atoms in total. The number of rotatable bonds is 6. The van der Waals surface area contributed by atoms with Crippen molar-refractivity contribution in [2.45, 2.75) is 12.7 Å². The molecule has 0 bridgehead atoms. The maximum Gasteiger partial charge on any atom is 0.257 e. The molecule has 1 amide bonds. The number of hydrogen-bond donors (Lipinski definition) is 2. The zero-order valence-corrected chi connectivity index (χ0v) is 15.9. The van der Waals surface area contributed by atoms with Crippen LogP contribution in [0.4, 0.5) is 25.8 Å². The third-order valence-corrected chi connectivity index (χ3v) is 4.90. The van der Waals surface area contributed by atoms with Crippen molar-refractivity contribution in [1.82, 2.24) is 0 Å². The van der Waals surface area contributed by atoms with Crippen LogP contribution in [0.3, 0.4) is 0 Å². The lowest BCUT2D eigenvalue weighted by molar-refractivity contribution is -0.110. The minimum atomic E-state index is -0.425. The third kappa shape index (κ3) is 4.23. The summed E-state index contributed by atoms with van der Waals surface area (Å²) in [5.41, 5.74) is 2.33. The highest BCUT2D eigenvalue weighted by Crippen LogP contribution is 2.32. The molecule has 29 heavy (non-hydrogen) atoms. The van der Waals surface area contributed by atoms with Crippen molar-refractivity contribution >= 4 is 28.5 Å². The maximum absolute atomic E-state index is 14.6. The van der Waals surface area contributed by atoms with Crippen LogP contribution in [-0.2, 0) is 14.3 Å². The van der Waals surface area contributed by atoms with Gasteiger partial charge in [-0.05, 0) is 36.4 Å². The number of amides is 1. The largest absolute Gasteiger partial charge is 0.372 e. The fourth-order valence-electron chi connectivity index (χ4n) is 3.37. The Morgan fingerprint density at radius 2 is 2.00 bits per heavy atom. The highest BCUT2D eigenvalue weighted by molar-refractivity contribution is 6.31. The molecule has 0 saturated carbocycles. The van der Waals surface area contributed by atoms with Crippen molar-refractivity contribution < 1.29 is 23.0 Å². The first kappa shape index (κ1) is 19.4. The molecule has 0 unspecified atom stereocenters. The van der Waals surface area contributed by atoms with E-state index in [0.29, 0.717) is 54.4 Å². The van der Waals surface area contributed by atoms with Crippen LogP contribution in [0.1, 0.15) is 12.0 Å². The average molecular weight is 401 g/mol. The molecule has 152 valence electrons. The SMILES string of the molecule is CN(CCC1OCCO1)c1ccc(N/C=C2/C(=O)Nc3cc(F)ccc32)cc1F. The maximum atomic E-state index is 14.6. The molecule has 2 aromatic rings. The molecule has 2 N–H and O–H groups in total. The van der Waals surface area contributed by atoms with Crippen LogP contribution in [0.2, 0.25) is 0 Å². The van der Waals surface area contributed by atoms with E-state index in [1.165, 1.54) is 30.5 Å². The molecule has 4 rings (SSSR count). The average Bonchev–Trinajstić information content (AvgIpc) is 3.31. The number of nitrogens with zero attached hydrogens (tertiary/aromatic N) is 1. The summed E-state index contributed by atoms with van der Waals surface area (Å²) in [6.45, 7) is 1.78. The Bertz CT molecular complexity index is 958. The summed E-state index contributed by atoms with van der Waals surface area (Å²) < 4.78 is 38.7. The van der Waals surface area contributed by atoms with E-state index in [0.717, 1.165) is 0 Å². The number of fused-ring (bicyclic) bond motifs is 1. The lowest BCUT2D eigenvalue weighted by Crippen LogP contribution is -2.24. The minimum Gasteiger partial charge on any atom is -0.372 e. The Morgan fingerprint density at radius 3 is 2.76 bits per heavy atom. The van der Waals surface area contributed by atoms with Gasteiger partial charge >= 0.3 is 0 Å². The van der Waals surface area contributed by atoms with Crippen molar-refractivity contribution in [3.05, 3.63) is 59.8 Å². The molecule has 0 spiro atoms. The summed E-state index contributed by atoms with van der Waals surface area (Å²) in [6.07, 6.45) is 1.91. The normalized spacial score (nSPS) is 17.5. The summed E-state index contributed by atoms with van der Waals surface area (Å²) in [5.74, 6) is -1.15. The van der Waals surface area contributed by atoms with Gasteiger partial charge in [0.05, 0.1) is 30.2 Å². The van der Waals surface area contributed by atoms with E-state index in [2.05, 4.69) is 10.6 Å². The number of nitrogens with one attached hydrogen (secondary N) is 2. The standard InChI is InChI=1S/C21H21F2N3O3/c1-26(7-6-20-28-8-9-29-20)19-5-3-14(11-17(19)23)24-12-16-15-4-2-13(22)10-18(15)25-21(16)27/h2-5,10-12,20,24H,6-9H2,1H3,(H,25,27)/b16-12+. The van der Waals surface area contributed by atoms with Gasteiger partial charge in [0.25, 0.3) is 5.91 Å². The zero-order valence-electron chi connectivity index (χ0n) is 15.9. The van der Waals surface area contributed by atoms with Crippen LogP contribution in [-0.4, -0.2) is 39.0 Å². The van der Waals surface area contributed by atoms with E-state index in [-0.39, 0.29) is 18.0 Å². The summed E-state index contributed by atoms with van der Waals surface area (Å²) in [7, 11) is 1.81. The van der Waals surface area contributed by atoms with Gasteiger partial charge in [0.1, 0.15) is 11.6 Å². The molecule has 0 radical (unpaired) electrons. The lowest BCUT2D eigenvalue weighted by atomic mass is 10.1. The quantitative estimate of drug-likeness (QED) is 0.725. The number of hydrogen-bond acceptors (Lipinski definition) is 5. The van der Waals surface area contributed by atoms with E-state index in [4.69, 9.17) is 9.47 Å². The van der Waals surface area contributed by atoms with Crippen LogP contribution in [0.25, 0.3) is 5.57 Å². The molecule has 1 saturated heterocycles. The molecule has 0 aromatic heterocycles. The van der Waals surface area contributed by atoms with Gasteiger partial charge in [-0.3, -0.25) is 4.79 Å². The number of benzene rings is 2. The predicted octanol–water partition coefficient (Wildman–Crippen LogP) is 3.57. The number of carbonyl (C=O) groups excluding carboxylic acids is 1. The molecule has 2 heterocycles. The molecule has 1 fully saturated rings. The third-order valence-electron chi connectivity index (χ3n) is 4.90. The molecular weight excluding hydrogens is 380 g/mol. The van der Waals surface area contributed by atoms with Gasteiger partial charge in [-0.15, -0.1) is 0 Å². The zero-order chi connectivity index (χ0) is 20.4. The highest BCUT2D eigenvalue weighted by Gasteiger charge is 2.24. The van der Waals surface area contributed by atoms with Gasteiger partial charge in [-0.2, -0.15) is 0 Å². The van der Waals surface area contributed by atoms with Gasteiger partial charge < -0.3 is 25.0 Å². The van der Waals surface area contributed by atoms with E-state index >= 15 is 0 Å². The summed E-state index contributed by atoms with van der Waals surface area (Å²) in [6, 6.07) is 8.85. The second-order valence-electron chi connectivity index (χ2n) is 6.89. The van der Waals surface area contributed by atoms with Gasteiger partial charge in [-0.25, -0.2) is 8.78 Å². The van der Waals surface area contributed by atoms with Gasteiger partial charge in [-0.1, -0.05) is 0 Å². The van der Waals surface area contributed by atoms with Crippen LogP contribution in [0.15, 0.2) is 42.6 Å². The first-order valence-corrected chi connectivity index (χ1v) is 9.33. The molecule has 2 aliphatic rings. The predicted molar refractivity (Wildman–Crippen MR) is 107 cm³/mol. The van der Waals surface area contributed by atoms with Crippen LogP contribution in [0, 0.1) is 11.6 Å². The van der Waals surface area contributed by atoms with Crippen molar-refractivity contribution in [3.8, 4) is 0 Å². The Kier molecular flexibility index (Phi) is 5.46. The van der Waals surface area contributed by atoms with Gasteiger partial charge in [0.15, 0.2) is 6.29 Å². The van der Waals surface area contributed by atoms with Crippen molar-refractivity contribution in [1.29, 1.82) is 0 Å². The Hall–Kier alpha value is -2.97. The van der Waals surface area contributed by atoms with E-state index < -0.39 is 5.82 Å². The summed E-state index contributed by atoms with van der Waals surface area (Å²) in [4.78, 5) is 13.9. The highest BCUT2D eigenvalue weighted by atomic mass is 19.1. The molecule has 8 heteroatoms. The number of carbonyl (C=O) groups is 1. The van der Waals surface area contributed by atoms with Crippen LogP contribution >= 0.6 is 0 Å². The van der Waals surface area contributed by atoms with Crippen LogP contribution in [0.5, 0.6) is 0 Å². The summed E-state index contributed by atoms with van der Waals surface area (Å²) in [5, 5.41) is 5.55. The second-order valence-corrected chi connectivity index (χ2v) is 6.89. The van der Waals surface area contributed by atoms with Gasteiger partial charge in [0, 0.05) is 37.5 Å². The molecule has 2 aromatic carbocycles. The van der Waals surface area contributed by atoms with Crippen molar-refractivity contribution in [2.75, 3.05) is 42.3 Å². The van der Waals surface area contributed by atoms with E-state index in [1.54, 1.807) is 24.1 Å². The Balaban J connectivity index is 1.43. The molecule has 0 atom stereocenters. The first-order chi connectivity index (χ1) is 14.0. The molecule has 2 aliphatic heterocycles. The monoisotopic (exact) mass is 401 g/mol. The van der Waals surface area contributed by atoms with Crippen molar-refractivity contribution in [2.24, 2.45) is 0 Å². The van der Waals surface area contributed by atoms with Gasteiger partial charge in [0.2, 0.25) is 0 Å². The lowest BCUT2D eigenvalue weighted by Gasteiger charge is -2.21. The Morgan fingerprint density at radius 1 is 1.21 bits per heavy atom. The number of halogens is 2. The fraction of sp³-hybridized carbons (Fsp3) is 0.286. The Labute approximate surface area is 167 Å². The van der Waals surface area contributed by atoms with Crippen molar-refractivity contribution in [3.63, 3.8) is 0 Å². The molecule has 0 aliphatic carbocycles. The fourth-order valence-corrected chi connectivity index (χ4v) is 3.37. The first-order valence-electron chi connectivity index (χ1n) is 9.33. The van der Waals surface area contributed by atoms with E-state index in [9.17, 15) is 13.6 Å². The smallest absolute Gasteiger partial charge is 0.257 e. The minimum absolute atomic E-state index is 0.234. The second kappa shape index (κ2) is 8.18. The summed E-state index contributed by atoms with van der Waals surface area (Å²) >= 11 is 0. The number of anilines is 3.